The van der Waals surface area contributed by atoms with Crippen molar-refractivity contribution in [2.24, 2.45) is 0 Å². The van der Waals surface area contributed by atoms with Gasteiger partial charge in [0.2, 0.25) is 4.96 Å². The van der Waals surface area contributed by atoms with Crippen LogP contribution in [0.1, 0.15) is 12.5 Å². The molecule has 148 valence electrons. The molecule has 8 heteroatoms. The number of hydrogen-bond donors (Lipinski definition) is 0. The highest BCUT2D eigenvalue weighted by Crippen LogP contribution is 2.31. The molecule has 0 aliphatic heterocycles. The maximum absolute atomic E-state index is 12.8. The monoisotopic (exact) mass is 409 g/mol. The average molecular weight is 409 g/mol. The minimum absolute atomic E-state index is 0.223. The van der Waals surface area contributed by atoms with Crippen LogP contribution in [-0.2, 0) is 0 Å². The van der Waals surface area contributed by atoms with Crippen LogP contribution in [0.4, 0.5) is 0 Å². The number of aromatic nitrogens is 3. The van der Waals surface area contributed by atoms with E-state index in [0.717, 1.165) is 16.9 Å². The van der Waals surface area contributed by atoms with E-state index in [-0.39, 0.29) is 5.56 Å². The van der Waals surface area contributed by atoms with E-state index in [0.29, 0.717) is 33.4 Å². The Labute approximate surface area is 170 Å². The van der Waals surface area contributed by atoms with Crippen LogP contribution in [0.25, 0.3) is 22.4 Å². The number of hydrogen-bond acceptors (Lipinski definition) is 7. The third-order valence-corrected chi connectivity index (χ3v) is 5.28. The Hall–Kier alpha value is -3.39. The first-order valence-electron chi connectivity index (χ1n) is 9.00. The summed E-state index contributed by atoms with van der Waals surface area (Å²) in [4.78, 5) is 17.9. The van der Waals surface area contributed by atoms with Gasteiger partial charge in [-0.2, -0.15) is 9.50 Å². The van der Waals surface area contributed by atoms with Crippen molar-refractivity contribution in [1.82, 2.24) is 14.6 Å². The molecule has 0 saturated carbocycles. The van der Waals surface area contributed by atoms with Crippen molar-refractivity contribution in [2.75, 3.05) is 20.8 Å². The molecule has 0 spiro atoms. The standard InChI is InChI=1S/C21H19N3O4S/c1-4-28-15-10-8-13(9-11-15)19-22-21-24(23-19)20(25)17(29-21)12-14-6-5-7-16(26-2)18(14)27-3/h5-12H,4H2,1-3H3. The van der Waals surface area contributed by atoms with Crippen LogP contribution in [0.5, 0.6) is 17.2 Å². The molecule has 0 saturated heterocycles. The van der Waals surface area contributed by atoms with Crippen molar-refractivity contribution in [3.8, 4) is 28.6 Å². The van der Waals surface area contributed by atoms with E-state index in [1.807, 2.05) is 43.3 Å². The molecule has 0 amide bonds. The predicted molar refractivity (Wildman–Crippen MR) is 112 cm³/mol. The van der Waals surface area contributed by atoms with Crippen molar-refractivity contribution < 1.29 is 14.2 Å². The minimum Gasteiger partial charge on any atom is -0.494 e. The largest absolute Gasteiger partial charge is 0.494 e. The summed E-state index contributed by atoms with van der Waals surface area (Å²) in [6, 6.07) is 13.0. The summed E-state index contributed by atoms with van der Waals surface area (Å²) in [5.74, 6) is 2.46. The van der Waals surface area contributed by atoms with Gasteiger partial charge in [-0.3, -0.25) is 4.79 Å². The van der Waals surface area contributed by atoms with Crippen LogP contribution >= 0.6 is 11.3 Å². The molecule has 2 aromatic carbocycles. The fourth-order valence-corrected chi connectivity index (χ4v) is 3.89. The molecule has 0 unspecified atom stereocenters. The Kier molecular flexibility index (Phi) is 5.18. The van der Waals surface area contributed by atoms with Crippen LogP contribution in [0, 0.1) is 0 Å². The normalized spacial score (nSPS) is 11.8. The van der Waals surface area contributed by atoms with E-state index in [2.05, 4.69) is 10.1 Å². The first-order valence-corrected chi connectivity index (χ1v) is 9.81. The average Bonchev–Trinajstić information content (AvgIpc) is 3.28. The Morgan fingerprint density at radius 3 is 2.55 bits per heavy atom. The van der Waals surface area contributed by atoms with Crippen LogP contribution in [-0.4, -0.2) is 35.4 Å². The third kappa shape index (κ3) is 3.54. The van der Waals surface area contributed by atoms with Gasteiger partial charge in [0.15, 0.2) is 17.3 Å². The van der Waals surface area contributed by atoms with E-state index in [1.165, 1.54) is 15.9 Å². The minimum atomic E-state index is -0.223. The molecule has 4 aromatic rings. The van der Waals surface area contributed by atoms with E-state index in [9.17, 15) is 4.79 Å². The summed E-state index contributed by atoms with van der Waals surface area (Å²) in [6.07, 6.45) is 1.77. The summed E-state index contributed by atoms with van der Waals surface area (Å²) in [5.41, 5.74) is 1.35. The first-order chi connectivity index (χ1) is 14.1. The van der Waals surface area contributed by atoms with Crippen molar-refractivity contribution in [3.63, 3.8) is 0 Å². The van der Waals surface area contributed by atoms with Gasteiger partial charge in [-0.15, -0.1) is 5.10 Å². The smallest absolute Gasteiger partial charge is 0.291 e. The van der Waals surface area contributed by atoms with Gasteiger partial charge in [0.1, 0.15) is 5.75 Å². The Morgan fingerprint density at radius 2 is 1.90 bits per heavy atom. The molecule has 7 nitrogen and oxygen atoms in total. The highest BCUT2D eigenvalue weighted by molar-refractivity contribution is 7.15. The first kappa shape index (κ1) is 18.9. The Morgan fingerprint density at radius 1 is 1.10 bits per heavy atom. The van der Waals surface area contributed by atoms with E-state index in [4.69, 9.17) is 14.2 Å². The molecule has 29 heavy (non-hydrogen) atoms. The van der Waals surface area contributed by atoms with Gasteiger partial charge in [0.05, 0.1) is 25.4 Å². The van der Waals surface area contributed by atoms with Gasteiger partial charge >= 0.3 is 0 Å². The van der Waals surface area contributed by atoms with Crippen molar-refractivity contribution in [1.29, 1.82) is 0 Å². The number of ether oxygens (including phenoxy) is 3. The number of fused-ring (bicyclic) bond motifs is 1. The maximum Gasteiger partial charge on any atom is 0.291 e. The topological polar surface area (TPSA) is 75.0 Å². The van der Waals surface area contributed by atoms with Crippen LogP contribution in [0.15, 0.2) is 47.3 Å². The molecule has 0 atom stereocenters. The SMILES string of the molecule is CCOc1ccc(-c2nc3sc(=Cc4cccc(OC)c4OC)c(=O)n3n2)cc1. The lowest BCUT2D eigenvalue weighted by Gasteiger charge is -2.09. The Bertz CT molecular complexity index is 1260. The predicted octanol–water partition coefficient (Wildman–Crippen LogP) is 2.78. The number of nitrogens with zero attached hydrogens (tertiary/aromatic N) is 3. The lowest BCUT2D eigenvalue weighted by atomic mass is 10.2. The van der Waals surface area contributed by atoms with Gasteiger partial charge < -0.3 is 14.2 Å². The molecule has 0 aliphatic carbocycles. The number of para-hydroxylation sites is 1. The van der Waals surface area contributed by atoms with Gasteiger partial charge in [-0.1, -0.05) is 23.5 Å². The summed E-state index contributed by atoms with van der Waals surface area (Å²) in [7, 11) is 3.14. The Balaban J connectivity index is 1.74. The molecular formula is C21H19N3O4S. The second kappa shape index (κ2) is 7.92. The summed E-state index contributed by atoms with van der Waals surface area (Å²) < 4.78 is 18.1. The molecule has 4 rings (SSSR count). The van der Waals surface area contributed by atoms with Gasteiger partial charge in [-0.05, 0) is 43.3 Å². The van der Waals surface area contributed by atoms with E-state index < -0.39 is 0 Å². The van der Waals surface area contributed by atoms with Gasteiger partial charge in [0, 0.05) is 11.1 Å². The number of rotatable bonds is 6. The molecule has 0 aliphatic rings. The maximum atomic E-state index is 12.8. The fourth-order valence-electron chi connectivity index (χ4n) is 2.99. The zero-order chi connectivity index (χ0) is 20.4. The van der Waals surface area contributed by atoms with Crippen LogP contribution in [0.3, 0.4) is 0 Å². The highest BCUT2D eigenvalue weighted by Gasteiger charge is 2.13. The fraction of sp³-hybridized carbons (Fsp3) is 0.190. The molecule has 0 N–H and O–H groups in total. The molecular weight excluding hydrogens is 390 g/mol. The molecule has 0 bridgehead atoms. The molecule has 0 fully saturated rings. The lowest BCUT2D eigenvalue weighted by molar-refractivity contribution is 0.340. The second-order valence-electron chi connectivity index (χ2n) is 6.09. The quantitative estimate of drug-likeness (QED) is 0.488. The van der Waals surface area contributed by atoms with Crippen molar-refractivity contribution in [3.05, 3.63) is 62.9 Å². The van der Waals surface area contributed by atoms with Gasteiger partial charge in [0.25, 0.3) is 5.56 Å². The second-order valence-corrected chi connectivity index (χ2v) is 7.09. The highest BCUT2D eigenvalue weighted by atomic mass is 32.1. The van der Waals surface area contributed by atoms with E-state index in [1.54, 1.807) is 26.4 Å². The van der Waals surface area contributed by atoms with E-state index >= 15 is 0 Å². The number of thiazole rings is 1. The van der Waals surface area contributed by atoms with Gasteiger partial charge in [-0.25, -0.2) is 0 Å². The number of benzene rings is 2. The number of methoxy groups -OCH3 is 2. The molecule has 0 radical (unpaired) electrons. The van der Waals surface area contributed by atoms with Crippen molar-refractivity contribution in [2.45, 2.75) is 6.92 Å². The summed E-state index contributed by atoms with van der Waals surface area (Å²) >= 11 is 1.28. The summed E-state index contributed by atoms with van der Waals surface area (Å²) in [6.45, 7) is 2.54. The third-order valence-electron chi connectivity index (χ3n) is 4.33. The van der Waals surface area contributed by atoms with Crippen LogP contribution in [0.2, 0.25) is 0 Å². The molecule has 2 heterocycles. The molecule has 2 aromatic heterocycles. The lowest BCUT2D eigenvalue weighted by Crippen LogP contribution is -2.23. The zero-order valence-corrected chi connectivity index (χ0v) is 17.0. The van der Waals surface area contributed by atoms with Crippen LogP contribution < -0.4 is 24.3 Å². The summed E-state index contributed by atoms with van der Waals surface area (Å²) in [5, 5.41) is 4.38. The van der Waals surface area contributed by atoms with Crippen molar-refractivity contribution >= 4 is 22.4 Å². The zero-order valence-electron chi connectivity index (χ0n) is 16.2.